The number of pyridine rings is 1. The fourth-order valence-electron chi connectivity index (χ4n) is 7.37. The van der Waals surface area contributed by atoms with Gasteiger partial charge in [-0.05, 0) is 43.0 Å². The summed E-state index contributed by atoms with van der Waals surface area (Å²) in [6, 6.07) is 14.4. The lowest BCUT2D eigenvalue weighted by molar-refractivity contribution is -0.383. The van der Waals surface area contributed by atoms with E-state index < -0.39 is 107 Å². The lowest BCUT2D eigenvalue weighted by Crippen LogP contribution is -2.66. The second kappa shape index (κ2) is 23.4. The molecular formula is C45H55N7O15. The molecule has 8 N–H and O–H groups in total. The van der Waals surface area contributed by atoms with E-state index in [1.54, 1.807) is 68.4 Å². The first-order valence-electron chi connectivity index (χ1n) is 21.4. The number of nitrogens with one attached hydrogen (secondary N) is 5. The smallest absolute Gasteiger partial charge is 0.307 e. The molecule has 0 radical (unpaired) electrons. The van der Waals surface area contributed by atoms with Gasteiger partial charge in [-0.15, -0.1) is 0 Å². The van der Waals surface area contributed by atoms with Crippen molar-refractivity contribution in [1.82, 2.24) is 20.9 Å². The van der Waals surface area contributed by atoms with Crippen LogP contribution in [0.5, 0.6) is 0 Å². The van der Waals surface area contributed by atoms with Crippen LogP contribution in [0.3, 0.4) is 0 Å². The Hall–Kier alpha value is -7.01. The summed E-state index contributed by atoms with van der Waals surface area (Å²) in [5.41, 5.74) is 6.05. The number of hydrogen-bond acceptors (Lipinski definition) is 16. The van der Waals surface area contributed by atoms with Gasteiger partial charge in [0.1, 0.15) is 54.7 Å². The van der Waals surface area contributed by atoms with E-state index in [0.29, 0.717) is 10.9 Å². The number of esters is 2. The lowest BCUT2D eigenvalue weighted by atomic mass is 9.96. The number of nitro groups is 1. The number of ether oxygens (including phenoxy) is 5. The molecule has 4 amide bonds. The highest BCUT2D eigenvalue weighted by molar-refractivity contribution is 6.03. The van der Waals surface area contributed by atoms with Crippen molar-refractivity contribution in [3.8, 4) is 0 Å². The Morgan fingerprint density at radius 3 is 2.30 bits per heavy atom. The van der Waals surface area contributed by atoms with E-state index in [2.05, 4.69) is 31.0 Å². The number of nitrogens with zero attached hydrogens (tertiary/aromatic N) is 1. The van der Waals surface area contributed by atoms with Gasteiger partial charge in [0, 0.05) is 42.5 Å². The Labute approximate surface area is 383 Å². The average Bonchev–Trinajstić information content (AvgIpc) is 3.29. The lowest BCUT2D eigenvalue weighted by Gasteiger charge is -2.45. The zero-order valence-electron chi connectivity index (χ0n) is 37.5. The molecule has 4 aromatic rings. The number of carbonyl (C=O) groups excluding carboxylic acids is 6. The van der Waals surface area contributed by atoms with E-state index >= 15 is 0 Å². The molecule has 0 saturated carbocycles. The number of H-pyrrole nitrogens is 1. The molecular weight excluding hydrogens is 879 g/mol. The van der Waals surface area contributed by atoms with Crippen molar-refractivity contribution in [2.45, 2.75) is 102 Å². The summed E-state index contributed by atoms with van der Waals surface area (Å²) < 4.78 is 28.5. The number of aliphatic hydroxyl groups excluding tert-OH is 1. The van der Waals surface area contributed by atoms with Crippen LogP contribution in [0.2, 0.25) is 0 Å². The number of fused-ring (bicyclic) bond motifs is 2. The maximum Gasteiger partial charge on any atom is 0.307 e. The monoisotopic (exact) mass is 933 g/mol. The number of amides is 4. The molecule has 22 heteroatoms. The fraction of sp³-hybridized carbons (Fsp3) is 0.444. The van der Waals surface area contributed by atoms with Crippen LogP contribution >= 0.6 is 0 Å². The Morgan fingerprint density at radius 1 is 0.940 bits per heavy atom. The van der Waals surface area contributed by atoms with Gasteiger partial charge in [0.15, 0.2) is 11.7 Å². The number of benzene rings is 3. The Kier molecular flexibility index (Phi) is 17.8. The minimum atomic E-state index is -1.67. The van der Waals surface area contributed by atoms with Crippen LogP contribution in [0.15, 0.2) is 71.5 Å². The van der Waals surface area contributed by atoms with Crippen LogP contribution in [0.25, 0.3) is 21.8 Å². The fourth-order valence-corrected chi connectivity index (χ4v) is 7.37. The second-order valence-electron chi connectivity index (χ2n) is 16.1. The molecule has 22 nitrogen and oxygen atoms in total. The number of aromatic amines is 1. The number of carbonyl (C=O) groups is 6. The number of rotatable bonds is 22. The predicted octanol–water partition coefficient (Wildman–Crippen LogP) is 1.58. The number of para-hydroxylation sites is 1. The number of nitro benzene ring substituents is 1. The number of aromatic nitrogens is 1. The summed E-state index contributed by atoms with van der Waals surface area (Å²) in [6.45, 7) is 5.15. The van der Waals surface area contributed by atoms with E-state index in [1.807, 2.05) is 0 Å². The number of primary amides is 1. The van der Waals surface area contributed by atoms with Crippen molar-refractivity contribution in [3.63, 3.8) is 0 Å². The van der Waals surface area contributed by atoms with E-state index in [1.165, 1.54) is 33.1 Å². The van der Waals surface area contributed by atoms with E-state index in [0.717, 1.165) is 5.56 Å². The Balaban J connectivity index is 1.30. The zero-order valence-corrected chi connectivity index (χ0v) is 37.5. The van der Waals surface area contributed by atoms with Crippen LogP contribution in [0, 0.1) is 16.0 Å². The molecule has 67 heavy (non-hydrogen) atoms. The van der Waals surface area contributed by atoms with Gasteiger partial charge in [0.2, 0.25) is 23.6 Å². The molecule has 1 unspecified atom stereocenters. The largest absolute Gasteiger partial charge is 0.469 e. The van der Waals surface area contributed by atoms with Crippen LogP contribution in [-0.4, -0.2) is 120 Å². The van der Waals surface area contributed by atoms with Crippen LogP contribution in [0.4, 0.5) is 11.4 Å². The van der Waals surface area contributed by atoms with Gasteiger partial charge in [-0.1, -0.05) is 56.3 Å². The normalized spacial score (nSPS) is 19.4. The number of nitrogens with two attached hydrogens (primary N) is 1. The standard InChI is InChI=1S/C45H55N7O15/c1-23(2)36(44(60)50-30(42(46)58)16-18-33(54)63-5)51-43(59)24(3)66-41-38(48-25(4)53)45(65-21-26-11-7-6-8-12-26)67-32(40(41)57)22-64-34(55)19-20-47-29-15-17-31(52(61)62)37-35(29)39(56)27-13-9-10-14-28(27)49-37/h6-15,17,23-24,30,32,36,38,40-41,45,47,57H,16,18-22H2,1-5H3,(H2,46,58)(H,48,53)(H,49,56)(H,50,60)(H,51,59)/t24?,30-,32-,36+,38-,40-,41-,45+/m1/s1. The molecule has 8 atom stereocenters. The topological polar surface area (TPSA) is 319 Å². The zero-order chi connectivity index (χ0) is 48.9. The molecule has 3 aromatic carbocycles. The van der Waals surface area contributed by atoms with Crippen LogP contribution in [-0.2, 0) is 59.1 Å². The quantitative estimate of drug-likeness (QED) is 0.0255. The van der Waals surface area contributed by atoms with Crippen molar-refractivity contribution in [3.05, 3.63) is 92.6 Å². The SMILES string of the molecule is COC(=O)CC[C@@H](NC(=O)[C@@H](NC(=O)C(C)O[C@H]1[C@H](O)[C@@H](COC(=O)CCNc2ccc([N+](=O)[O-])c3[nH]c4ccccc4c(=O)c23)O[C@H](OCc2ccccc2)[C@@H]1NC(C)=O)C(C)C)C(N)=O. The third-order valence-corrected chi connectivity index (χ3v) is 10.9. The van der Waals surface area contributed by atoms with Gasteiger partial charge in [-0.2, -0.15) is 0 Å². The number of methoxy groups -OCH3 is 1. The Morgan fingerprint density at radius 2 is 1.64 bits per heavy atom. The molecule has 2 heterocycles. The molecule has 0 aliphatic carbocycles. The summed E-state index contributed by atoms with van der Waals surface area (Å²) in [5.74, 6) is -5.02. The highest BCUT2D eigenvalue weighted by atomic mass is 16.7. The van der Waals surface area contributed by atoms with Crippen molar-refractivity contribution in [2.75, 3.05) is 25.6 Å². The van der Waals surface area contributed by atoms with Gasteiger partial charge >= 0.3 is 11.9 Å². The number of non-ortho nitro benzene ring substituents is 1. The third-order valence-electron chi connectivity index (χ3n) is 10.9. The number of aliphatic hydroxyl groups is 1. The first-order chi connectivity index (χ1) is 31.9. The molecule has 1 fully saturated rings. The summed E-state index contributed by atoms with van der Waals surface area (Å²) in [7, 11) is 1.17. The molecule has 360 valence electrons. The molecule has 0 spiro atoms. The summed E-state index contributed by atoms with van der Waals surface area (Å²) in [6.07, 6.45) is -7.87. The minimum absolute atomic E-state index is 0.00236. The molecule has 1 saturated heterocycles. The third kappa shape index (κ3) is 13.3. The van der Waals surface area contributed by atoms with Crippen molar-refractivity contribution < 1.29 is 62.5 Å². The van der Waals surface area contributed by atoms with Crippen LogP contribution < -0.4 is 32.4 Å². The van der Waals surface area contributed by atoms with Gasteiger partial charge in [-0.25, -0.2) is 0 Å². The summed E-state index contributed by atoms with van der Waals surface area (Å²) in [4.78, 5) is 104. The maximum absolute atomic E-state index is 13.7. The highest BCUT2D eigenvalue weighted by Gasteiger charge is 2.49. The molecule has 0 bridgehead atoms. The van der Waals surface area contributed by atoms with Gasteiger partial charge in [0.25, 0.3) is 5.69 Å². The Bertz CT molecular complexity index is 2500. The van der Waals surface area contributed by atoms with Gasteiger partial charge in [-0.3, -0.25) is 43.7 Å². The average molecular weight is 934 g/mol. The van der Waals surface area contributed by atoms with E-state index in [-0.39, 0.29) is 54.7 Å². The van der Waals surface area contributed by atoms with Gasteiger partial charge < -0.3 is 60.8 Å². The molecule has 1 aliphatic rings. The van der Waals surface area contributed by atoms with Crippen LogP contribution in [0.1, 0.15) is 52.5 Å². The first-order valence-corrected chi connectivity index (χ1v) is 21.4. The van der Waals surface area contributed by atoms with Crippen molar-refractivity contribution in [1.29, 1.82) is 0 Å². The first kappa shape index (κ1) is 51.0. The van der Waals surface area contributed by atoms with E-state index in [9.17, 15) is 48.8 Å². The summed E-state index contributed by atoms with van der Waals surface area (Å²) >= 11 is 0. The highest BCUT2D eigenvalue weighted by Crippen LogP contribution is 2.30. The second-order valence-corrected chi connectivity index (χ2v) is 16.1. The molecule has 5 rings (SSSR count). The number of anilines is 1. The maximum atomic E-state index is 13.7. The molecule has 1 aromatic heterocycles. The minimum Gasteiger partial charge on any atom is -0.469 e. The predicted molar refractivity (Wildman–Crippen MR) is 240 cm³/mol. The summed E-state index contributed by atoms with van der Waals surface area (Å²) in [5, 5.41) is 34.6. The molecule has 1 aliphatic heterocycles. The van der Waals surface area contributed by atoms with Crippen molar-refractivity contribution in [2.24, 2.45) is 11.7 Å². The number of hydrogen-bond donors (Lipinski definition) is 7. The van der Waals surface area contributed by atoms with Crippen molar-refractivity contribution >= 4 is 68.7 Å². The van der Waals surface area contributed by atoms with Gasteiger partial charge in [0.05, 0.1) is 30.4 Å². The van der Waals surface area contributed by atoms with E-state index in [4.69, 9.17) is 24.7 Å².